The summed E-state index contributed by atoms with van der Waals surface area (Å²) in [5.41, 5.74) is 0.650. The lowest BCUT2D eigenvalue weighted by Gasteiger charge is -2.19. The summed E-state index contributed by atoms with van der Waals surface area (Å²) in [6.07, 6.45) is -1.10. The molecule has 1 aliphatic rings. The second-order valence-corrected chi connectivity index (χ2v) is 5.78. The molecule has 0 saturated heterocycles. The van der Waals surface area contributed by atoms with Crippen molar-refractivity contribution in [3.63, 3.8) is 0 Å². The Morgan fingerprint density at radius 3 is 2.29 bits per heavy atom. The molecule has 0 radical (unpaired) electrons. The molecule has 2 amide bonds. The van der Waals surface area contributed by atoms with Crippen molar-refractivity contribution in [3.8, 4) is 11.5 Å². The Balaban J connectivity index is 1.63. The monoisotopic (exact) mass is 347 g/mol. The van der Waals surface area contributed by atoms with Crippen LogP contribution in [0.15, 0.2) is 42.5 Å². The number of aromatic hydroxyl groups is 1. The van der Waals surface area contributed by atoms with Crippen LogP contribution < -0.4 is 4.74 Å². The first kappa shape index (κ1) is 16.3. The molecular formula is C17H14ClNO5. The third-order valence-electron chi connectivity index (χ3n) is 3.62. The summed E-state index contributed by atoms with van der Waals surface area (Å²) < 4.78 is 5.30. The third-order valence-corrected chi connectivity index (χ3v) is 3.86. The summed E-state index contributed by atoms with van der Waals surface area (Å²) >= 11 is 5.72. The molecule has 7 heteroatoms. The number of hydrogen-bond donors (Lipinski definition) is 2. The summed E-state index contributed by atoms with van der Waals surface area (Å²) in [7, 11) is 0. The van der Waals surface area contributed by atoms with Crippen LogP contribution in [0.1, 0.15) is 20.7 Å². The molecule has 0 spiro atoms. The molecule has 24 heavy (non-hydrogen) atoms. The number of ether oxygens (including phenoxy) is 1. The molecule has 0 aromatic heterocycles. The first-order chi connectivity index (χ1) is 11.5. The maximum absolute atomic E-state index is 12.2. The number of fused-ring (bicyclic) bond motifs is 1. The van der Waals surface area contributed by atoms with Crippen LogP contribution >= 0.6 is 11.6 Å². The van der Waals surface area contributed by atoms with E-state index in [1.807, 2.05) is 0 Å². The molecule has 124 valence electrons. The average molecular weight is 348 g/mol. The number of phenols is 1. The minimum absolute atomic E-state index is 0.154. The van der Waals surface area contributed by atoms with Crippen LogP contribution in [0.25, 0.3) is 0 Å². The van der Waals surface area contributed by atoms with Crippen molar-refractivity contribution in [2.45, 2.75) is 6.10 Å². The van der Waals surface area contributed by atoms with Crippen molar-refractivity contribution >= 4 is 23.4 Å². The van der Waals surface area contributed by atoms with Crippen LogP contribution in [0.4, 0.5) is 0 Å². The number of phenolic OH excluding ortho intramolecular Hbond substituents is 1. The normalized spacial score (nSPS) is 14.7. The van der Waals surface area contributed by atoms with E-state index in [0.717, 1.165) is 4.90 Å². The van der Waals surface area contributed by atoms with Gasteiger partial charge in [-0.15, -0.1) is 0 Å². The number of carbonyl (C=O) groups excluding carboxylic acids is 2. The maximum Gasteiger partial charge on any atom is 0.261 e. The number of aliphatic hydroxyl groups is 1. The molecule has 6 nitrogen and oxygen atoms in total. The summed E-state index contributed by atoms with van der Waals surface area (Å²) in [4.78, 5) is 25.4. The highest BCUT2D eigenvalue weighted by Crippen LogP contribution is 2.29. The molecule has 3 rings (SSSR count). The predicted octanol–water partition coefficient (Wildman–Crippen LogP) is 2.08. The highest BCUT2D eigenvalue weighted by molar-refractivity contribution is 6.30. The Labute approximate surface area is 142 Å². The van der Waals surface area contributed by atoms with Gasteiger partial charge >= 0.3 is 0 Å². The Morgan fingerprint density at radius 2 is 1.71 bits per heavy atom. The fourth-order valence-electron chi connectivity index (χ4n) is 2.47. The van der Waals surface area contributed by atoms with Gasteiger partial charge in [-0.2, -0.15) is 0 Å². The Morgan fingerprint density at radius 1 is 1.08 bits per heavy atom. The Kier molecular flexibility index (Phi) is 4.42. The lowest BCUT2D eigenvalue weighted by molar-refractivity contribution is 0.0453. The lowest BCUT2D eigenvalue weighted by Crippen LogP contribution is -2.39. The molecule has 1 heterocycles. The van der Waals surface area contributed by atoms with Gasteiger partial charge < -0.3 is 14.9 Å². The van der Waals surface area contributed by atoms with E-state index in [4.69, 9.17) is 16.3 Å². The largest absolute Gasteiger partial charge is 0.504 e. The van der Waals surface area contributed by atoms with Gasteiger partial charge in [-0.05, 0) is 24.3 Å². The lowest BCUT2D eigenvalue weighted by atomic mass is 10.1. The number of hydrogen-bond acceptors (Lipinski definition) is 5. The van der Waals surface area contributed by atoms with Gasteiger partial charge in [0.25, 0.3) is 11.8 Å². The van der Waals surface area contributed by atoms with Crippen molar-refractivity contribution in [1.82, 2.24) is 4.90 Å². The number of imide groups is 1. The quantitative estimate of drug-likeness (QED) is 0.809. The first-order valence-corrected chi connectivity index (χ1v) is 7.60. The first-order valence-electron chi connectivity index (χ1n) is 7.22. The number of carbonyl (C=O) groups is 2. The second kappa shape index (κ2) is 6.51. The zero-order chi connectivity index (χ0) is 17.3. The minimum Gasteiger partial charge on any atom is -0.504 e. The van der Waals surface area contributed by atoms with Crippen molar-refractivity contribution < 1.29 is 24.5 Å². The fraction of sp³-hybridized carbons (Fsp3) is 0.176. The van der Waals surface area contributed by atoms with Crippen LogP contribution in [0.3, 0.4) is 0 Å². The Bertz CT molecular complexity index is 772. The van der Waals surface area contributed by atoms with E-state index in [9.17, 15) is 19.8 Å². The van der Waals surface area contributed by atoms with Gasteiger partial charge in [0.15, 0.2) is 11.5 Å². The number of amides is 2. The topological polar surface area (TPSA) is 87.1 Å². The van der Waals surface area contributed by atoms with Gasteiger partial charge in [0.05, 0.1) is 17.7 Å². The van der Waals surface area contributed by atoms with Crippen LogP contribution in [0, 0.1) is 0 Å². The van der Waals surface area contributed by atoms with Crippen LogP contribution in [0.5, 0.6) is 11.5 Å². The second-order valence-electron chi connectivity index (χ2n) is 5.34. The van der Waals surface area contributed by atoms with E-state index < -0.39 is 17.9 Å². The number of benzene rings is 2. The van der Waals surface area contributed by atoms with Gasteiger partial charge in [0, 0.05) is 11.1 Å². The highest BCUT2D eigenvalue weighted by atomic mass is 35.5. The number of halogens is 1. The van der Waals surface area contributed by atoms with Crippen LogP contribution in [0.2, 0.25) is 5.02 Å². The van der Waals surface area contributed by atoms with E-state index in [0.29, 0.717) is 16.1 Å². The van der Waals surface area contributed by atoms with Crippen molar-refractivity contribution in [3.05, 3.63) is 58.6 Å². The summed E-state index contributed by atoms with van der Waals surface area (Å²) in [6.45, 7) is -0.386. The zero-order valence-corrected chi connectivity index (χ0v) is 13.2. The average Bonchev–Trinajstić information content (AvgIpc) is 2.79. The van der Waals surface area contributed by atoms with Crippen LogP contribution in [-0.2, 0) is 0 Å². The molecular weight excluding hydrogens is 334 g/mol. The van der Waals surface area contributed by atoms with Gasteiger partial charge in [0.1, 0.15) is 12.7 Å². The molecule has 0 saturated carbocycles. The Hall–Kier alpha value is -2.57. The number of rotatable bonds is 5. The number of nitrogens with zero attached hydrogens (tertiary/aromatic N) is 1. The van der Waals surface area contributed by atoms with Crippen molar-refractivity contribution in [2.75, 3.05) is 13.2 Å². The van der Waals surface area contributed by atoms with E-state index >= 15 is 0 Å². The fourth-order valence-corrected chi connectivity index (χ4v) is 2.63. The van der Waals surface area contributed by atoms with E-state index in [1.54, 1.807) is 24.3 Å². The standard InChI is InChI=1S/C17H14ClNO5/c18-10-5-6-15(14(21)7-10)24-9-11(20)8-19-16(22)12-3-1-2-4-13(12)17(19)23/h1-7,11,20-21H,8-9H2/t11-/m0/s1. The minimum atomic E-state index is -1.10. The van der Waals surface area contributed by atoms with Crippen LogP contribution in [-0.4, -0.2) is 46.2 Å². The van der Waals surface area contributed by atoms with E-state index in [1.165, 1.54) is 18.2 Å². The molecule has 0 unspecified atom stereocenters. The SMILES string of the molecule is O=C1c2ccccc2C(=O)N1C[C@H](O)COc1ccc(Cl)cc1O. The third kappa shape index (κ3) is 3.06. The maximum atomic E-state index is 12.2. The molecule has 1 atom stereocenters. The summed E-state index contributed by atoms with van der Waals surface area (Å²) in [5.74, 6) is -0.885. The van der Waals surface area contributed by atoms with Gasteiger partial charge in [-0.1, -0.05) is 23.7 Å². The van der Waals surface area contributed by atoms with Crippen molar-refractivity contribution in [2.24, 2.45) is 0 Å². The number of aliphatic hydroxyl groups excluding tert-OH is 1. The van der Waals surface area contributed by atoms with Crippen molar-refractivity contribution in [1.29, 1.82) is 0 Å². The molecule has 1 aliphatic heterocycles. The van der Waals surface area contributed by atoms with Gasteiger partial charge in [-0.25, -0.2) is 0 Å². The summed E-state index contributed by atoms with van der Waals surface area (Å²) in [6, 6.07) is 10.8. The van der Waals surface area contributed by atoms with Gasteiger partial charge in [0.2, 0.25) is 0 Å². The van der Waals surface area contributed by atoms with Gasteiger partial charge in [-0.3, -0.25) is 14.5 Å². The van der Waals surface area contributed by atoms with E-state index in [-0.39, 0.29) is 24.7 Å². The predicted molar refractivity (Wildman–Crippen MR) is 86.4 cm³/mol. The molecule has 0 bridgehead atoms. The zero-order valence-electron chi connectivity index (χ0n) is 12.5. The smallest absolute Gasteiger partial charge is 0.261 e. The summed E-state index contributed by atoms with van der Waals surface area (Å²) in [5, 5.41) is 20.1. The number of β-amino-alcohol motifs (C(OH)–C–C–N with tert-alkyl or cyclic N) is 1. The molecule has 0 fully saturated rings. The molecule has 2 N–H and O–H groups in total. The van der Waals surface area contributed by atoms with E-state index in [2.05, 4.69) is 0 Å². The molecule has 2 aromatic carbocycles. The molecule has 2 aromatic rings. The molecule has 0 aliphatic carbocycles. The highest BCUT2D eigenvalue weighted by Gasteiger charge is 2.36.